The van der Waals surface area contributed by atoms with Gasteiger partial charge in [-0.05, 0) is 54.3 Å². The van der Waals surface area contributed by atoms with Crippen LogP contribution in [0.15, 0.2) is 36.4 Å². The van der Waals surface area contributed by atoms with Crippen molar-refractivity contribution in [1.29, 1.82) is 0 Å². The third-order valence-corrected chi connectivity index (χ3v) is 3.43. The topological polar surface area (TPSA) is 61.3 Å². The van der Waals surface area contributed by atoms with Crippen LogP contribution in [0.1, 0.15) is 31.4 Å². The molecule has 0 amide bonds. The van der Waals surface area contributed by atoms with Gasteiger partial charge in [0, 0.05) is 12.1 Å². The van der Waals surface area contributed by atoms with Crippen LogP contribution in [-0.4, -0.2) is 13.2 Å². The Morgan fingerprint density at radius 1 is 1.00 bits per heavy atom. The summed E-state index contributed by atoms with van der Waals surface area (Å²) >= 11 is 0. The van der Waals surface area contributed by atoms with Crippen LogP contribution in [0.2, 0.25) is 0 Å². The molecule has 2 atom stereocenters. The Morgan fingerprint density at radius 2 is 1.68 bits per heavy atom. The largest absolute Gasteiger partial charge is 0.497 e. The van der Waals surface area contributed by atoms with Gasteiger partial charge in [-0.1, -0.05) is 18.2 Å². The predicted octanol–water partition coefficient (Wildman–Crippen LogP) is 2.98. The summed E-state index contributed by atoms with van der Waals surface area (Å²) in [5.74, 6) is 0.876. The van der Waals surface area contributed by atoms with Crippen LogP contribution in [0.25, 0.3) is 10.8 Å². The van der Waals surface area contributed by atoms with Gasteiger partial charge in [-0.3, -0.25) is 0 Å². The molecule has 0 heterocycles. The number of methoxy groups -OCH3 is 1. The second-order valence-electron chi connectivity index (χ2n) is 5.13. The summed E-state index contributed by atoms with van der Waals surface area (Å²) in [5, 5.41) is 2.36. The first-order valence-electron chi connectivity index (χ1n) is 6.69. The molecular weight excluding hydrogens is 236 g/mol. The average Bonchev–Trinajstić information content (AvgIpc) is 2.43. The molecule has 4 N–H and O–H groups in total. The summed E-state index contributed by atoms with van der Waals surface area (Å²) in [6, 6.07) is 12.7. The van der Waals surface area contributed by atoms with Gasteiger partial charge in [-0.15, -0.1) is 0 Å². The molecular formula is C16H22N2O. The average molecular weight is 258 g/mol. The fourth-order valence-corrected chi connectivity index (χ4v) is 2.21. The SMILES string of the molecule is COc1ccc2cc(C(N)CCC(C)N)ccc2c1. The fraction of sp³-hybridized carbons (Fsp3) is 0.375. The maximum absolute atomic E-state index is 6.21. The lowest BCUT2D eigenvalue weighted by atomic mass is 9.98. The lowest BCUT2D eigenvalue weighted by molar-refractivity contribution is 0.415. The second-order valence-corrected chi connectivity index (χ2v) is 5.13. The number of hydrogen-bond acceptors (Lipinski definition) is 3. The quantitative estimate of drug-likeness (QED) is 0.866. The van der Waals surface area contributed by atoms with E-state index < -0.39 is 0 Å². The molecule has 0 saturated carbocycles. The molecule has 102 valence electrons. The van der Waals surface area contributed by atoms with Crippen molar-refractivity contribution in [2.75, 3.05) is 7.11 Å². The third kappa shape index (κ3) is 3.46. The highest BCUT2D eigenvalue weighted by Gasteiger charge is 2.08. The molecule has 0 fully saturated rings. The molecule has 3 nitrogen and oxygen atoms in total. The molecule has 0 aliphatic rings. The van der Waals surface area contributed by atoms with E-state index in [1.165, 1.54) is 16.3 Å². The number of ether oxygens (including phenoxy) is 1. The first-order valence-corrected chi connectivity index (χ1v) is 6.69. The highest BCUT2D eigenvalue weighted by Crippen LogP contribution is 2.25. The van der Waals surface area contributed by atoms with Crippen LogP contribution in [0.3, 0.4) is 0 Å². The van der Waals surface area contributed by atoms with E-state index >= 15 is 0 Å². The van der Waals surface area contributed by atoms with E-state index in [1.807, 2.05) is 19.1 Å². The highest BCUT2D eigenvalue weighted by molar-refractivity contribution is 5.84. The van der Waals surface area contributed by atoms with E-state index in [0.717, 1.165) is 18.6 Å². The van der Waals surface area contributed by atoms with Crippen molar-refractivity contribution in [2.24, 2.45) is 11.5 Å². The van der Waals surface area contributed by atoms with Gasteiger partial charge in [0.1, 0.15) is 5.75 Å². The molecule has 0 bridgehead atoms. The number of nitrogens with two attached hydrogens (primary N) is 2. The van der Waals surface area contributed by atoms with Gasteiger partial charge in [-0.2, -0.15) is 0 Å². The van der Waals surface area contributed by atoms with E-state index in [0.29, 0.717) is 0 Å². The molecule has 0 saturated heterocycles. The van der Waals surface area contributed by atoms with Crippen molar-refractivity contribution in [2.45, 2.75) is 31.8 Å². The van der Waals surface area contributed by atoms with E-state index in [4.69, 9.17) is 16.2 Å². The Hall–Kier alpha value is -1.58. The van der Waals surface area contributed by atoms with Crippen molar-refractivity contribution >= 4 is 10.8 Å². The molecule has 2 unspecified atom stereocenters. The van der Waals surface area contributed by atoms with Crippen LogP contribution in [0, 0.1) is 0 Å². The summed E-state index contributed by atoms with van der Waals surface area (Å²) in [4.78, 5) is 0. The van der Waals surface area contributed by atoms with Crippen molar-refractivity contribution < 1.29 is 4.74 Å². The minimum Gasteiger partial charge on any atom is -0.497 e. The van der Waals surface area contributed by atoms with Gasteiger partial charge in [-0.25, -0.2) is 0 Å². The van der Waals surface area contributed by atoms with Crippen molar-refractivity contribution in [1.82, 2.24) is 0 Å². The highest BCUT2D eigenvalue weighted by atomic mass is 16.5. The summed E-state index contributed by atoms with van der Waals surface area (Å²) in [5.41, 5.74) is 13.1. The summed E-state index contributed by atoms with van der Waals surface area (Å²) < 4.78 is 5.23. The van der Waals surface area contributed by atoms with Crippen LogP contribution in [0.4, 0.5) is 0 Å². The number of hydrogen-bond donors (Lipinski definition) is 2. The van der Waals surface area contributed by atoms with Crippen molar-refractivity contribution in [3.63, 3.8) is 0 Å². The fourth-order valence-electron chi connectivity index (χ4n) is 2.21. The zero-order valence-corrected chi connectivity index (χ0v) is 11.6. The van der Waals surface area contributed by atoms with E-state index in [2.05, 4.69) is 24.3 Å². The van der Waals surface area contributed by atoms with Gasteiger partial charge in [0.05, 0.1) is 7.11 Å². The maximum atomic E-state index is 6.21. The van der Waals surface area contributed by atoms with Gasteiger partial charge >= 0.3 is 0 Å². The Labute approximate surface area is 114 Å². The van der Waals surface area contributed by atoms with Crippen LogP contribution < -0.4 is 16.2 Å². The van der Waals surface area contributed by atoms with E-state index in [1.54, 1.807) is 7.11 Å². The second kappa shape index (κ2) is 6.04. The molecule has 2 aromatic rings. The predicted molar refractivity (Wildman–Crippen MR) is 80.3 cm³/mol. The molecule has 3 heteroatoms. The van der Waals surface area contributed by atoms with Crippen LogP contribution >= 0.6 is 0 Å². The van der Waals surface area contributed by atoms with E-state index in [-0.39, 0.29) is 12.1 Å². The maximum Gasteiger partial charge on any atom is 0.119 e. The zero-order chi connectivity index (χ0) is 13.8. The van der Waals surface area contributed by atoms with E-state index in [9.17, 15) is 0 Å². The summed E-state index contributed by atoms with van der Waals surface area (Å²) in [6.07, 6.45) is 1.86. The normalized spacial score (nSPS) is 14.3. The summed E-state index contributed by atoms with van der Waals surface area (Å²) in [7, 11) is 1.68. The summed E-state index contributed by atoms with van der Waals surface area (Å²) in [6.45, 7) is 2.01. The smallest absolute Gasteiger partial charge is 0.119 e. The molecule has 0 radical (unpaired) electrons. The first-order chi connectivity index (χ1) is 9.10. The molecule has 0 spiro atoms. The molecule has 19 heavy (non-hydrogen) atoms. The van der Waals surface area contributed by atoms with Crippen LogP contribution in [-0.2, 0) is 0 Å². The third-order valence-electron chi connectivity index (χ3n) is 3.43. The van der Waals surface area contributed by atoms with Gasteiger partial charge in [0.25, 0.3) is 0 Å². The minimum atomic E-state index is 0.0532. The van der Waals surface area contributed by atoms with Crippen molar-refractivity contribution in [3.05, 3.63) is 42.0 Å². The Bertz CT molecular complexity index is 551. The number of rotatable bonds is 5. The number of fused-ring (bicyclic) bond motifs is 1. The standard InChI is InChI=1S/C16H22N2O/c1-11(17)3-8-16(18)14-5-4-13-10-15(19-2)7-6-12(13)9-14/h4-7,9-11,16H,3,8,17-18H2,1-2H3. The first kappa shape index (κ1) is 13.8. The van der Waals surface area contributed by atoms with Crippen molar-refractivity contribution in [3.8, 4) is 5.75 Å². The van der Waals surface area contributed by atoms with Crippen LogP contribution in [0.5, 0.6) is 5.75 Å². The molecule has 0 aromatic heterocycles. The Morgan fingerprint density at radius 3 is 2.37 bits per heavy atom. The molecule has 2 aromatic carbocycles. The minimum absolute atomic E-state index is 0.0532. The monoisotopic (exact) mass is 258 g/mol. The lowest BCUT2D eigenvalue weighted by Crippen LogP contribution is -2.18. The number of benzene rings is 2. The lowest BCUT2D eigenvalue weighted by Gasteiger charge is -2.14. The Kier molecular flexibility index (Phi) is 4.40. The molecule has 2 rings (SSSR count). The van der Waals surface area contributed by atoms with Gasteiger partial charge in [0.15, 0.2) is 0 Å². The molecule has 0 aliphatic carbocycles. The Balaban J connectivity index is 2.21. The zero-order valence-electron chi connectivity index (χ0n) is 11.6. The van der Waals surface area contributed by atoms with Gasteiger partial charge < -0.3 is 16.2 Å². The molecule has 0 aliphatic heterocycles. The van der Waals surface area contributed by atoms with Gasteiger partial charge in [0.2, 0.25) is 0 Å².